The summed E-state index contributed by atoms with van der Waals surface area (Å²) in [4.78, 5) is 26.0. The highest BCUT2D eigenvalue weighted by atomic mass is 16.6. The van der Waals surface area contributed by atoms with Gasteiger partial charge in [0.05, 0.1) is 6.04 Å². The van der Waals surface area contributed by atoms with Gasteiger partial charge in [0.1, 0.15) is 6.10 Å². The van der Waals surface area contributed by atoms with E-state index in [9.17, 15) is 9.59 Å². The van der Waals surface area contributed by atoms with Gasteiger partial charge in [0.2, 0.25) is 5.91 Å². The average molecular weight is 287 g/mol. The van der Waals surface area contributed by atoms with Crippen molar-refractivity contribution in [2.75, 3.05) is 0 Å². The van der Waals surface area contributed by atoms with Gasteiger partial charge in [-0.2, -0.15) is 0 Å². The van der Waals surface area contributed by atoms with Gasteiger partial charge in [0.25, 0.3) is 0 Å². The zero-order chi connectivity index (χ0) is 14.8. The predicted octanol–water partition coefficient (Wildman–Crippen LogP) is 3.16. The first-order chi connectivity index (χ1) is 10.2. The molecular formula is C17H21NO3. The van der Waals surface area contributed by atoms with Crippen molar-refractivity contribution in [2.45, 2.75) is 51.2 Å². The SMILES string of the molecule is C[C@@H](Cc1ccccc1)C(=O)N1C(=O)O[C@H]2CCCC[C@H]21. The van der Waals surface area contributed by atoms with Crippen molar-refractivity contribution < 1.29 is 14.3 Å². The number of carbonyl (C=O) groups excluding carboxylic acids is 2. The molecule has 4 nitrogen and oxygen atoms in total. The van der Waals surface area contributed by atoms with Gasteiger partial charge in [0, 0.05) is 5.92 Å². The Morgan fingerprint density at radius 1 is 1.29 bits per heavy atom. The third-order valence-corrected chi connectivity index (χ3v) is 4.49. The molecule has 3 atom stereocenters. The molecule has 0 spiro atoms. The lowest BCUT2D eigenvalue weighted by Crippen LogP contribution is -2.45. The molecule has 0 N–H and O–H groups in total. The van der Waals surface area contributed by atoms with Crippen LogP contribution in [0.25, 0.3) is 0 Å². The van der Waals surface area contributed by atoms with Crippen LogP contribution >= 0.6 is 0 Å². The summed E-state index contributed by atoms with van der Waals surface area (Å²) in [6.07, 6.45) is 4.02. The molecule has 3 rings (SSSR count). The zero-order valence-electron chi connectivity index (χ0n) is 12.3. The van der Waals surface area contributed by atoms with Crippen LogP contribution in [0.5, 0.6) is 0 Å². The Hall–Kier alpha value is -1.84. The molecule has 0 aromatic heterocycles. The monoisotopic (exact) mass is 287 g/mol. The van der Waals surface area contributed by atoms with Gasteiger partial charge in [-0.3, -0.25) is 4.79 Å². The van der Waals surface area contributed by atoms with E-state index in [1.165, 1.54) is 4.90 Å². The molecule has 0 bridgehead atoms. The third-order valence-electron chi connectivity index (χ3n) is 4.49. The van der Waals surface area contributed by atoms with Crippen molar-refractivity contribution in [1.29, 1.82) is 0 Å². The van der Waals surface area contributed by atoms with Crippen LogP contribution in [0, 0.1) is 5.92 Å². The number of amides is 2. The molecule has 1 saturated carbocycles. The fraction of sp³-hybridized carbons (Fsp3) is 0.529. The summed E-state index contributed by atoms with van der Waals surface area (Å²) in [5, 5.41) is 0. The van der Waals surface area contributed by atoms with Crippen LogP contribution in [-0.2, 0) is 16.0 Å². The molecule has 2 amide bonds. The van der Waals surface area contributed by atoms with Crippen LogP contribution in [-0.4, -0.2) is 29.0 Å². The summed E-state index contributed by atoms with van der Waals surface area (Å²) < 4.78 is 5.37. The minimum Gasteiger partial charge on any atom is -0.444 e. The third kappa shape index (κ3) is 2.80. The normalized spacial score (nSPS) is 26.1. The van der Waals surface area contributed by atoms with E-state index in [-0.39, 0.29) is 24.0 Å². The second kappa shape index (κ2) is 5.88. The van der Waals surface area contributed by atoms with Crippen LogP contribution in [0.2, 0.25) is 0 Å². The van der Waals surface area contributed by atoms with Crippen LogP contribution < -0.4 is 0 Å². The number of hydrogen-bond donors (Lipinski definition) is 0. The fourth-order valence-corrected chi connectivity index (χ4v) is 3.38. The maximum absolute atomic E-state index is 12.6. The zero-order valence-corrected chi connectivity index (χ0v) is 12.3. The number of benzene rings is 1. The Kier molecular flexibility index (Phi) is 3.95. The molecular weight excluding hydrogens is 266 g/mol. The molecule has 0 unspecified atom stereocenters. The predicted molar refractivity (Wildman–Crippen MR) is 78.7 cm³/mol. The average Bonchev–Trinajstić information content (AvgIpc) is 2.83. The molecule has 21 heavy (non-hydrogen) atoms. The Morgan fingerprint density at radius 3 is 2.76 bits per heavy atom. The fourth-order valence-electron chi connectivity index (χ4n) is 3.38. The van der Waals surface area contributed by atoms with Gasteiger partial charge < -0.3 is 4.74 Å². The van der Waals surface area contributed by atoms with E-state index < -0.39 is 6.09 Å². The summed E-state index contributed by atoms with van der Waals surface area (Å²) in [6, 6.07) is 9.87. The van der Waals surface area contributed by atoms with Crippen LogP contribution in [0.3, 0.4) is 0 Å². The standard InChI is InChI=1S/C17H21NO3/c1-12(11-13-7-3-2-4-8-13)16(19)18-14-9-5-6-10-15(14)21-17(18)20/h2-4,7-8,12,14-15H,5-6,9-11H2,1H3/t12-,14+,15-/m0/s1. The molecule has 1 aromatic rings. The maximum atomic E-state index is 12.6. The first kappa shape index (κ1) is 14.1. The Balaban J connectivity index is 1.70. The number of rotatable bonds is 3. The van der Waals surface area contributed by atoms with Gasteiger partial charge >= 0.3 is 6.09 Å². The highest BCUT2D eigenvalue weighted by Crippen LogP contribution is 2.33. The number of carbonyl (C=O) groups is 2. The molecule has 1 aliphatic carbocycles. The van der Waals surface area contributed by atoms with Crippen LogP contribution in [0.4, 0.5) is 4.79 Å². The van der Waals surface area contributed by atoms with E-state index >= 15 is 0 Å². The molecule has 1 heterocycles. The van der Waals surface area contributed by atoms with Crippen molar-refractivity contribution in [3.05, 3.63) is 35.9 Å². The summed E-state index contributed by atoms with van der Waals surface area (Å²) in [5.74, 6) is -0.307. The topological polar surface area (TPSA) is 46.6 Å². The van der Waals surface area contributed by atoms with Crippen LogP contribution in [0.1, 0.15) is 38.2 Å². The summed E-state index contributed by atoms with van der Waals surface area (Å²) in [7, 11) is 0. The van der Waals surface area contributed by atoms with Crippen molar-refractivity contribution in [2.24, 2.45) is 5.92 Å². The van der Waals surface area contributed by atoms with Gasteiger partial charge in [-0.15, -0.1) is 0 Å². The molecule has 1 aromatic carbocycles. The van der Waals surface area contributed by atoms with Gasteiger partial charge in [-0.05, 0) is 31.2 Å². The first-order valence-corrected chi connectivity index (χ1v) is 7.74. The summed E-state index contributed by atoms with van der Waals surface area (Å²) in [5.41, 5.74) is 1.12. The van der Waals surface area contributed by atoms with Crippen LogP contribution in [0.15, 0.2) is 30.3 Å². The van der Waals surface area contributed by atoms with E-state index in [1.807, 2.05) is 37.3 Å². The van der Waals surface area contributed by atoms with Gasteiger partial charge in [-0.1, -0.05) is 43.7 Å². The van der Waals surface area contributed by atoms with E-state index in [2.05, 4.69) is 0 Å². The minimum absolute atomic E-state index is 0.0445. The van der Waals surface area contributed by atoms with Crippen molar-refractivity contribution >= 4 is 12.0 Å². The molecule has 2 aliphatic rings. The second-order valence-electron chi connectivity index (χ2n) is 6.07. The lowest BCUT2D eigenvalue weighted by Gasteiger charge is -2.28. The number of imide groups is 1. The van der Waals surface area contributed by atoms with E-state index in [4.69, 9.17) is 4.74 Å². The second-order valence-corrected chi connectivity index (χ2v) is 6.07. The molecule has 0 radical (unpaired) electrons. The quantitative estimate of drug-likeness (QED) is 0.858. The van der Waals surface area contributed by atoms with E-state index in [0.29, 0.717) is 6.42 Å². The van der Waals surface area contributed by atoms with E-state index in [1.54, 1.807) is 0 Å². The number of fused-ring (bicyclic) bond motifs is 1. The Labute approximate surface area is 125 Å². The molecule has 1 aliphatic heterocycles. The lowest BCUT2D eigenvalue weighted by molar-refractivity contribution is -0.133. The van der Waals surface area contributed by atoms with Crippen molar-refractivity contribution in [3.8, 4) is 0 Å². The van der Waals surface area contributed by atoms with Gasteiger partial charge in [-0.25, -0.2) is 9.69 Å². The van der Waals surface area contributed by atoms with E-state index in [0.717, 1.165) is 31.2 Å². The van der Waals surface area contributed by atoms with Gasteiger partial charge in [0.15, 0.2) is 0 Å². The summed E-state index contributed by atoms with van der Waals surface area (Å²) in [6.45, 7) is 1.89. The number of nitrogens with zero attached hydrogens (tertiary/aromatic N) is 1. The molecule has 1 saturated heterocycles. The smallest absolute Gasteiger partial charge is 0.417 e. The number of ether oxygens (including phenoxy) is 1. The minimum atomic E-state index is -0.447. The Bertz CT molecular complexity index is 528. The Morgan fingerprint density at radius 2 is 2.00 bits per heavy atom. The molecule has 112 valence electrons. The maximum Gasteiger partial charge on any atom is 0.417 e. The largest absolute Gasteiger partial charge is 0.444 e. The van der Waals surface area contributed by atoms with Crippen molar-refractivity contribution in [3.63, 3.8) is 0 Å². The summed E-state index contributed by atoms with van der Waals surface area (Å²) >= 11 is 0. The number of hydrogen-bond acceptors (Lipinski definition) is 3. The first-order valence-electron chi connectivity index (χ1n) is 7.74. The highest BCUT2D eigenvalue weighted by Gasteiger charge is 2.46. The molecule has 2 fully saturated rings. The highest BCUT2D eigenvalue weighted by molar-refractivity contribution is 5.95. The lowest BCUT2D eigenvalue weighted by atomic mass is 9.91. The van der Waals surface area contributed by atoms with Crippen molar-refractivity contribution in [1.82, 2.24) is 4.90 Å². The molecule has 4 heteroatoms.